The van der Waals surface area contributed by atoms with Gasteiger partial charge in [0.25, 0.3) is 5.82 Å². The van der Waals surface area contributed by atoms with Gasteiger partial charge in [0.15, 0.2) is 18.3 Å². The van der Waals surface area contributed by atoms with Crippen LogP contribution in [0.15, 0.2) is 102 Å². The lowest BCUT2D eigenvalue weighted by molar-refractivity contribution is -0.690. The maximum Gasteiger partial charge on any atom is 0.257 e. The first-order chi connectivity index (χ1) is 16.1. The normalized spacial score (nSPS) is 11.8. The summed E-state index contributed by atoms with van der Waals surface area (Å²) in [5.74, 6) is 1.42. The predicted molar refractivity (Wildman–Crippen MR) is 125 cm³/mol. The fourth-order valence-corrected chi connectivity index (χ4v) is 4.35. The minimum atomic E-state index is -0.351. The van der Waals surface area contributed by atoms with Gasteiger partial charge in [-0.25, -0.2) is 13.5 Å². The largest absolute Gasteiger partial charge is 1.00 e. The summed E-state index contributed by atoms with van der Waals surface area (Å²) in [4.78, 5) is 12.9. The number of rotatable bonds is 7. The van der Waals surface area contributed by atoms with E-state index in [0.717, 1.165) is 34.5 Å². The van der Waals surface area contributed by atoms with Crippen LogP contribution < -0.4 is 21.5 Å². The van der Waals surface area contributed by atoms with Crippen LogP contribution in [0.4, 0.5) is 4.39 Å². The van der Waals surface area contributed by atoms with Gasteiger partial charge in [0.05, 0.1) is 0 Å². The Hall–Kier alpha value is -3.51. The minimum Gasteiger partial charge on any atom is -1.00 e. The predicted octanol–water partition coefficient (Wildman–Crippen LogP) is 2.75. The van der Waals surface area contributed by atoms with Crippen LogP contribution in [0, 0.1) is 5.82 Å². The highest BCUT2D eigenvalue weighted by Gasteiger charge is 2.30. The summed E-state index contributed by atoms with van der Waals surface area (Å²) >= 11 is 0. The molecule has 0 bridgehead atoms. The third kappa shape index (κ3) is 4.59. The number of aromatic nitrogens is 2. The Bertz CT molecular complexity index is 1370. The molecule has 34 heavy (non-hydrogen) atoms. The highest BCUT2D eigenvalue weighted by molar-refractivity contribution is 5.95. The Morgan fingerprint density at radius 1 is 1.00 bits per heavy atom. The van der Waals surface area contributed by atoms with E-state index in [1.165, 1.54) is 24.3 Å². The molecule has 0 spiro atoms. The molecule has 2 aromatic heterocycles. The first-order valence-corrected chi connectivity index (χ1v) is 11.1. The second-order valence-corrected chi connectivity index (χ2v) is 8.03. The van der Waals surface area contributed by atoms with Gasteiger partial charge in [-0.2, -0.15) is 0 Å². The van der Waals surface area contributed by atoms with E-state index >= 15 is 0 Å². The van der Waals surface area contributed by atoms with Crippen LogP contribution in [-0.2, 0) is 13.0 Å². The molecule has 1 unspecified atom stereocenters. The molecule has 0 aliphatic heterocycles. The maximum absolute atomic E-state index is 13.3. The number of fused-ring (bicyclic) bond motifs is 1. The Kier molecular flexibility index (Phi) is 7.08. The summed E-state index contributed by atoms with van der Waals surface area (Å²) in [6.07, 6.45) is 4.66. The van der Waals surface area contributed by atoms with E-state index in [0.29, 0.717) is 5.56 Å². The summed E-state index contributed by atoms with van der Waals surface area (Å²) in [7, 11) is 0. The van der Waals surface area contributed by atoms with Crippen molar-refractivity contribution in [3.05, 3.63) is 126 Å². The van der Waals surface area contributed by atoms with Crippen LogP contribution in [-0.4, -0.2) is 10.4 Å². The smallest absolute Gasteiger partial charge is 0.257 e. The number of nitrogens with zero attached hydrogens (tertiary/aromatic N) is 2. The fourth-order valence-electron chi connectivity index (χ4n) is 4.35. The van der Waals surface area contributed by atoms with Crippen molar-refractivity contribution in [1.29, 1.82) is 0 Å². The van der Waals surface area contributed by atoms with E-state index in [2.05, 4.69) is 29.7 Å². The lowest BCUT2D eigenvalue weighted by Crippen LogP contribution is -3.00. The second kappa shape index (κ2) is 10.2. The number of hydrogen-bond donors (Lipinski definition) is 0. The molecule has 0 fully saturated rings. The highest BCUT2D eigenvalue weighted by Crippen LogP contribution is 2.32. The topological polar surface area (TPSA) is 39.0 Å². The molecule has 172 valence electrons. The third-order valence-corrected chi connectivity index (χ3v) is 5.94. The summed E-state index contributed by atoms with van der Waals surface area (Å²) in [6, 6.07) is 25.8. The first-order valence-electron chi connectivity index (χ1n) is 11.1. The van der Waals surface area contributed by atoms with Gasteiger partial charge in [-0.3, -0.25) is 4.79 Å². The van der Waals surface area contributed by atoms with Crippen LogP contribution in [0.5, 0.6) is 0 Å². The van der Waals surface area contributed by atoms with Crippen molar-refractivity contribution in [2.24, 2.45) is 0 Å². The monoisotopic (exact) mass is 518 g/mol. The Balaban J connectivity index is 0.00000274. The van der Waals surface area contributed by atoms with Gasteiger partial charge in [-0.15, -0.1) is 0 Å². The Morgan fingerprint density at radius 2 is 1.71 bits per heavy atom. The number of halogens is 2. The lowest BCUT2D eigenvalue weighted by atomic mass is 10.0. The van der Waals surface area contributed by atoms with Crippen molar-refractivity contribution >= 4 is 16.8 Å². The molecule has 5 aromatic rings. The standard InChI is InChI=1S/C28H24FN2O2.BrH/c1-2-27-30(19-24(32)20-12-14-23(29)15-13-20)16-17-31(27)28(21-8-4-3-5-9-21)26-18-22-10-6-7-11-25(22)33-26;/h3-18,28H,2,19H2,1H3;1H/q+1;/p-1. The average molecular weight is 519 g/mol. The number of ketones is 1. The van der Waals surface area contributed by atoms with Gasteiger partial charge in [-0.1, -0.05) is 55.5 Å². The molecule has 0 aliphatic carbocycles. The zero-order valence-electron chi connectivity index (χ0n) is 18.7. The van der Waals surface area contributed by atoms with Gasteiger partial charge >= 0.3 is 0 Å². The molecular weight excluding hydrogens is 495 g/mol. The number of benzene rings is 3. The van der Waals surface area contributed by atoms with Crippen molar-refractivity contribution in [3.8, 4) is 0 Å². The van der Waals surface area contributed by atoms with Gasteiger partial charge in [-0.05, 0) is 36.4 Å². The van der Waals surface area contributed by atoms with Crippen molar-refractivity contribution in [1.82, 2.24) is 4.57 Å². The van der Waals surface area contributed by atoms with Crippen LogP contribution in [0.2, 0.25) is 0 Å². The fraction of sp³-hybridized carbons (Fsp3) is 0.143. The molecule has 0 aliphatic rings. The van der Waals surface area contributed by atoms with Crippen LogP contribution in [0.3, 0.4) is 0 Å². The highest BCUT2D eigenvalue weighted by atomic mass is 79.9. The van der Waals surface area contributed by atoms with E-state index in [-0.39, 0.29) is 41.2 Å². The van der Waals surface area contributed by atoms with Crippen molar-refractivity contribution in [2.45, 2.75) is 25.9 Å². The molecular formula is C28H24BrFN2O2. The third-order valence-electron chi connectivity index (χ3n) is 5.94. The number of Topliss-reactive ketones (excluding diaryl/α,β-unsaturated/α-hetero) is 1. The number of furan rings is 1. The molecule has 0 saturated heterocycles. The minimum absolute atomic E-state index is 0. The number of para-hydroxylation sites is 1. The number of carbonyl (C=O) groups is 1. The number of hydrogen-bond acceptors (Lipinski definition) is 2. The number of imidazole rings is 1. The molecule has 2 heterocycles. The molecule has 0 amide bonds. The second-order valence-electron chi connectivity index (χ2n) is 8.03. The molecule has 3 aromatic carbocycles. The van der Waals surface area contributed by atoms with Crippen molar-refractivity contribution in [3.63, 3.8) is 0 Å². The summed E-state index contributed by atoms with van der Waals surface area (Å²) in [6.45, 7) is 2.26. The van der Waals surface area contributed by atoms with Gasteiger partial charge in [0.2, 0.25) is 5.78 Å². The molecule has 1 atom stereocenters. The quantitative estimate of drug-likeness (QED) is 0.245. The average Bonchev–Trinajstić information content (AvgIpc) is 3.44. The molecule has 6 heteroatoms. The summed E-state index contributed by atoms with van der Waals surface area (Å²) < 4.78 is 23.7. The van der Waals surface area contributed by atoms with Gasteiger partial charge in [0, 0.05) is 22.9 Å². The van der Waals surface area contributed by atoms with Gasteiger partial charge in [0.1, 0.15) is 23.8 Å². The van der Waals surface area contributed by atoms with Crippen LogP contribution in [0.1, 0.15) is 40.5 Å². The zero-order chi connectivity index (χ0) is 22.8. The van der Waals surface area contributed by atoms with Crippen molar-refractivity contribution < 1.29 is 35.2 Å². The molecule has 4 nitrogen and oxygen atoms in total. The van der Waals surface area contributed by atoms with Gasteiger partial charge < -0.3 is 21.4 Å². The maximum atomic E-state index is 13.3. The van der Waals surface area contributed by atoms with E-state index in [1.807, 2.05) is 59.4 Å². The summed E-state index contributed by atoms with van der Waals surface area (Å²) in [5, 5.41) is 1.05. The SMILES string of the molecule is CCc1n(C(c2ccccc2)c2cc3ccccc3o2)cc[n+]1CC(=O)c1ccc(F)cc1.[Br-]. The van der Waals surface area contributed by atoms with Crippen molar-refractivity contribution in [2.75, 3.05) is 0 Å². The number of carbonyl (C=O) groups excluding carboxylic acids is 1. The Labute approximate surface area is 208 Å². The first kappa shape index (κ1) is 23.6. The van der Waals surface area contributed by atoms with E-state index in [4.69, 9.17) is 4.42 Å². The molecule has 5 rings (SSSR count). The van der Waals surface area contributed by atoms with E-state index < -0.39 is 0 Å². The molecule has 0 N–H and O–H groups in total. The lowest BCUT2D eigenvalue weighted by Gasteiger charge is -2.14. The van der Waals surface area contributed by atoms with Crippen LogP contribution in [0.25, 0.3) is 11.0 Å². The molecule has 0 saturated carbocycles. The van der Waals surface area contributed by atoms with Crippen LogP contribution >= 0.6 is 0 Å². The van der Waals surface area contributed by atoms with E-state index in [1.54, 1.807) is 0 Å². The Morgan fingerprint density at radius 3 is 2.41 bits per heavy atom. The summed E-state index contributed by atoms with van der Waals surface area (Å²) in [5.41, 5.74) is 2.44. The molecule has 0 radical (unpaired) electrons. The zero-order valence-corrected chi connectivity index (χ0v) is 20.3. The van der Waals surface area contributed by atoms with E-state index in [9.17, 15) is 9.18 Å².